The molecular formula is C21H22FN3O4. The van der Waals surface area contributed by atoms with E-state index >= 15 is 0 Å². The molecule has 0 aliphatic carbocycles. The summed E-state index contributed by atoms with van der Waals surface area (Å²) in [4.78, 5) is 24.8. The first-order valence-corrected chi connectivity index (χ1v) is 9.15. The molecule has 3 aromatic rings. The average Bonchev–Trinajstić information content (AvgIpc) is 3.21. The van der Waals surface area contributed by atoms with Crippen LogP contribution >= 0.6 is 0 Å². The highest BCUT2D eigenvalue weighted by atomic mass is 19.1. The smallest absolute Gasteiger partial charge is 0.319 e. The third-order valence-corrected chi connectivity index (χ3v) is 4.36. The molecule has 1 aromatic carbocycles. The van der Waals surface area contributed by atoms with Gasteiger partial charge in [0.15, 0.2) is 0 Å². The molecule has 0 saturated heterocycles. The van der Waals surface area contributed by atoms with Crippen LogP contribution in [0.1, 0.15) is 30.8 Å². The molecule has 2 aromatic heterocycles. The normalized spacial score (nSPS) is 12.9. The van der Waals surface area contributed by atoms with Crippen molar-refractivity contribution >= 4 is 11.7 Å². The SMILES string of the molecule is C[C@@H](C[C@H](O)c1ccco1)NC(=O)Nc1cccn(Cc2ccc(F)cc2)c1=O. The summed E-state index contributed by atoms with van der Waals surface area (Å²) in [5, 5.41) is 15.3. The molecule has 2 heterocycles. The molecule has 29 heavy (non-hydrogen) atoms. The van der Waals surface area contributed by atoms with Gasteiger partial charge in [0.2, 0.25) is 0 Å². The minimum absolute atomic E-state index is 0.117. The van der Waals surface area contributed by atoms with Crippen molar-refractivity contribution in [2.45, 2.75) is 32.0 Å². The number of aliphatic hydroxyl groups is 1. The van der Waals surface area contributed by atoms with Gasteiger partial charge in [-0.3, -0.25) is 4.79 Å². The van der Waals surface area contributed by atoms with Crippen molar-refractivity contribution in [2.75, 3.05) is 5.32 Å². The van der Waals surface area contributed by atoms with Crippen molar-refractivity contribution in [3.8, 4) is 0 Å². The Morgan fingerprint density at radius 3 is 2.66 bits per heavy atom. The minimum Gasteiger partial charge on any atom is -0.467 e. The monoisotopic (exact) mass is 399 g/mol. The van der Waals surface area contributed by atoms with Crippen LogP contribution in [-0.4, -0.2) is 21.7 Å². The van der Waals surface area contributed by atoms with Gasteiger partial charge in [0.1, 0.15) is 23.4 Å². The van der Waals surface area contributed by atoms with Crippen LogP contribution in [0.15, 0.2) is 70.2 Å². The number of halogens is 1. The average molecular weight is 399 g/mol. The number of nitrogens with zero attached hydrogens (tertiary/aromatic N) is 1. The third-order valence-electron chi connectivity index (χ3n) is 4.36. The van der Waals surface area contributed by atoms with E-state index in [2.05, 4.69) is 10.6 Å². The van der Waals surface area contributed by atoms with E-state index in [0.717, 1.165) is 5.56 Å². The Bertz CT molecular complexity index is 1000. The Balaban J connectivity index is 1.60. The number of hydrogen-bond acceptors (Lipinski definition) is 4. The van der Waals surface area contributed by atoms with Gasteiger partial charge in [-0.15, -0.1) is 0 Å². The highest BCUT2D eigenvalue weighted by molar-refractivity contribution is 5.89. The molecular weight excluding hydrogens is 377 g/mol. The fourth-order valence-corrected chi connectivity index (χ4v) is 2.92. The minimum atomic E-state index is -0.843. The van der Waals surface area contributed by atoms with Crippen molar-refractivity contribution in [1.29, 1.82) is 0 Å². The van der Waals surface area contributed by atoms with Crippen LogP contribution in [0.3, 0.4) is 0 Å². The predicted molar refractivity (Wildman–Crippen MR) is 106 cm³/mol. The summed E-state index contributed by atoms with van der Waals surface area (Å²) >= 11 is 0. The molecule has 3 rings (SSSR count). The lowest BCUT2D eigenvalue weighted by Gasteiger charge is -2.17. The molecule has 3 N–H and O–H groups in total. The number of pyridine rings is 1. The van der Waals surface area contributed by atoms with Crippen LogP contribution in [0.4, 0.5) is 14.9 Å². The first-order chi connectivity index (χ1) is 13.9. The zero-order valence-corrected chi connectivity index (χ0v) is 15.8. The Hall–Kier alpha value is -3.39. The second-order valence-electron chi connectivity index (χ2n) is 6.75. The number of hydrogen-bond donors (Lipinski definition) is 3. The molecule has 0 bridgehead atoms. The largest absolute Gasteiger partial charge is 0.467 e. The summed E-state index contributed by atoms with van der Waals surface area (Å²) in [6.07, 6.45) is 2.47. The maximum absolute atomic E-state index is 13.0. The van der Waals surface area contributed by atoms with Gasteiger partial charge in [-0.2, -0.15) is 0 Å². The van der Waals surface area contributed by atoms with E-state index in [4.69, 9.17) is 4.42 Å². The summed E-state index contributed by atoms with van der Waals surface area (Å²) in [6.45, 7) is 1.99. The number of nitrogens with one attached hydrogen (secondary N) is 2. The highest BCUT2D eigenvalue weighted by Gasteiger charge is 2.17. The summed E-state index contributed by atoms with van der Waals surface area (Å²) in [5.41, 5.74) is 0.497. The lowest BCUT2D eigenvalue weighted by Crippen LogP contribution is -2.38. The van der Waals surface area contributed by atoms with Crippen LogP contribution in [0.2, 0.25) is 0 Å². The fourth-order valence-electron chi connectivity index (χ4n) is 2.92. The van der Waals surface area contributed by atoms with Crippen LogP contribution in [0.25, 0.3) is 0 Å². The number of anilines is 1. The van der Waals surface area contributed by atoms with Crippen molar-refractivity contribution in [1.82, 2.24) is 9.88 Å². The molecule has 0 spiro atoms. The van der Waals surface area contributed by atoms with Crippen LogP contribution < -0.4 is 16.2 Å². The standard InChI is InChI=1S/C21H22FN3O4/c1-14(12-18(26)19-5-3-11-29-19)23-21(28)24-17-4-2-10-25(20(17)27)13-15-6-8-16(22)9-7-15/h2-11,14,18,26H,12-13H2,1H3,(H2,23,24,28)/t14-,18-/m0/s1. The number of urea groups is 1. The fraction of sp³-hybridized carbons (Fsp3) is 0.238. The summed E-state index contributed by atoms with van der Waals surface area (Å²) in [5.74, 6) is 0.0743. The highest BCUT2D eigenvalue weighted by Crippen LogP contribution is 2.18. The van der Waals surface area contributed by atoms with Crippen molar-refractivity contribution in [3.05, 3.63) is 88.5 Å². The van der Waals surface area contributed by atoms with E-state index in [0.29, 0.717) is 5.76 Å². The molecule has 152 valence electrons. The topological polar surface area (TPSA) is 96.5 Å². The van der Waals surface area contributed by atoms with Gasteiger partial charge >= 0.3 is 6.03 Å². The van der Waals surface area contributed by atoms with Gasteiger partial charge in [0, 0.05) is 18.7 Å². The van der Waals surface area contributed by atoms with Crippen LogP contribution in [0.5, 0.6) is 0 Å². The Labute approximate surface area is 166 Å². The lowest BCUT2D eigenvalue weighted by atomic mass is 10.1. The molecule has 0 radical (unpaired) electrons. The van der Waals surface area contributed by atoms with Crippen molar-refractivity contribution in [3.63, 3.8) is 0 Å². The van der Waals surface area contributed by atoms with Crippen molar-refractivity contribution in [2.24, 2.45) is 0 Å². The number of benzene rings is 1. The number of furan rings is 1. The Kier molecular flexibility index (Phi) is 6.46. The second-order valence-corrected chi connectivity index (χ2v) is 6.75. The predicted octanol–water partition coefficient (Wildman–Crippen LogP) is 3.26. The number of aromatic nitrogens is 1. The van der Waals surface area contributed by atoms with Gasteiger partial charge in [-0.1, -0.05) is 12.1 Å². The van der Waals surface area contributed by atoms with Gasteiger partial charge < -0.3 is 24.7 Å². The maximum Gasteiger partial charge on any atom is 0.319 e. The van der Waals surface area contributed by atoms with Crippen molar-refractivity contribution < 1.29 is 18.7 Å². The molecule has 0 fully saturated rings. The number of carbonyl (C=O) groups excluding carboxylic acids is 1. The molecule has 0 unspecified atom stereocenters. The molecule has 2 atom stereocenters. The molecule has 2 amide bonds. The van der Waals surface area contributed by atoms with E-state index < -0.39 is 12.1 Å². The Morgan fingerprint density at radius 1 is 1.21 bits per heavy atom. The molecule has 8 heteroatoms. The molecule has 0 aliphatic heterocycles. The third kappa shape index (κ3) is 5.55. The first kappa shape index (κ1) is 20.3. The summed E-state index contributed by atoms with van der Waals surface area (Å²) in [6, 6.07) is 11.4. The summed E-state index contributed by atoms with van der Waals surface area (Å²) < 4.78 is 19.6. The van der Waals surface area contributed by atoms with E-state index in [-0.39, 0.29) is 36.1 Å². The number of aliphatic hydroxyl groups excluding tert-OH is 1. The second kappa shape index (κ2) is 9.20. The number of amides is 2. The summed E-state index contributed by atoms with van der Waals surface area (Å²) in [7, 11) is 0. The van der Waals surface area contributed by atoms with Crippen LogP contribution in [0, 0.1) is 5.82 Å². The van der Waals surface area contributed by atoms with Gasteiger partial charge in [-0.25, -0.2) is 9.18 Å². The molecule has 7 nitrogen and oxygen atoms in total. The van der Waals surface area contributed by atoms with E-state index in [1.165, 1.54) is 29.0 Å². The zero-order chi connectivity index (χ0) is 20.8. The number of rotatable bonds is 7. The van der Waals surface area contributed by atoms with Crippen LogP contribution in [-0.2, 0) is 6.54 Å². The van der Waals surface area contributed by atoms with Gasteiger partial charge in [-0.05, 0) is 48.9 Å². The Morgan fingerprint density at radius 2 is 1.97 bits per heavy atom. The first-order valence-electron chi connectivity index (χ1n) is 9.15. The van der Waals surface area contributed by atoms with Gasteiger partial charge in [0.25, 0.3) is 5.56 Å². The zero-order valence-electron chi connectivity index (χ0n) is 15.8. The van der Waals surface area contributed by atoms with E-state index in [1.54, 1.807) is 43.5 Å². The quantitative estimate of drug-likeness (QED) is 0.568. The number of carbonyl (C=O) groups is 1. The van der Waals surface area contributed by atoms with E-state index in [1.807, 2.05) is 0 Å². The molecule has 0 aliphatic rings. The van der Waals surface area contributed by atoms with Gasteiger partial charge in [0.05, 0.1) is 12.8 Å². The maximum atomic E-state index is 13.0. The van der Waals surface area contributed by atoms with E-state index in [9.17, 15) is 19.1 Å². The molecule has 0 saturated carbocycles. The lowest BCUT2D eigenvalue weighted by molar-refractivity contribution is 0.130.